The predicted octanol–water partition coefficient (Wildman–Crippen LogP) is 6.13. The van der Waals surface area contributed by atoms with E-state index in [0.29, 0.717) is 28.7 Å². The van der Waals surface area contributed by atoms with Gasteiger partial charge in [-0.2, -0.15) is 18.3 Å². The van der Waals surface area contributed by atoms with Crippen LogP contribution < -0.4 is 5.32 Å². The van der Waals surface area contributed by atoms with Gasteiger partial charge in [-0.1, -0.05) is 25.1 Å². The first-order chi connectivity index (χ1) is 19.0. The molecule has 0 aliphatic carbocycles. The van der Waals surface area contributed by atoms with E-state index in [1.54, 1.807) is 42.8 Å². The zero-order valence-corrected chi connectivity index (χ0v) is 21.9. The Morgan fingerprint density at radius 3 is 2.48 bits per heavy atom. The van der Waals surface area contributed by atoms with Gasteiger partial charge in [0.05, 0.1) is 23.9 Å². The number of hydrogen-bond donors (Lipinski definition) is 2. The molecule has 4 aromatic rings. The number of aryl methyl sites for hydroxylation is 1. The fourth-order valence-electron chi connectivity index (χ4n) is 4.92. The minimum Gasteiger partial charge on any atom is -0.381 e. The molecule has 1 aliphatic rings. The van der Waals surface area contributed by atoms with Crippen LogP contribution in [0.3, 0.4) is 0 Å². The summed E-state index contributed by atoms with van der Waals surface area (Å²) < 4.78 is 77.9. The third kappa shape index (κ3) is 5.54. The van der Waals surface area contributed by atoms with Crippen LogP contribution in [-0.2, 0) is 4.74 Å². The number of rotatable bonds is 10. The molecule has 11 heteroatoms. The number of ether oxygens (including phenoxy) is 1. The lowest BCUT2D eigenvalue weighted by Crippen LogP contribution is -2.58. The molecule has 0 radical (unpaired) electrons. The van der Waals surface area contributed by atoms with E-state index in [2.05, 4.69) is 10.4 Å². The number of halogens is 5. The summed E-state index contributed by atoms with van der Waals surface area (Å²) in [6.07, 6.45) is -4.47. The van der Waals surface area contributed by atoms with Gasteiger partial charge < -0.3 is 15.2 Å². The second-order valence-corrected chi connectivity index (χ2v) is 10.1. The molecule has 0 amide bonds. The van der Waals surface area contributed by atoms with Crippen molar-refractivity contribution in [1.82, 2.24) is 14.7 Å². The van der Waals surface area contributed by atoms with Crippen molar-refractivity contribution in [2.75, 3.05) is 25.0 Å². The molecule has 1 fully saturated rings. The summed E-state index contributed by atoms with van der Waals surface area (Å²) in [5.74, 6) is -0.900. The molecule has 6 nitrogen and oxygen atoms in total. The Kier molecular flexibility index (Phi) is 7.56. The number of nitrogens with one attached hydrogen (secondary N) is 1. The third-order valence-electron chi connectivity index (χ3n) is 7.02. The first-order valence-corrected chi connectivity index (χ1v) is 12.9. The Bertz CT molecular complexity index is 1490. The number of benzene rings is 3. The molecule has 5 rings (SSSR count). The smallest absolute Gasteiger partial charge is 0.381 e. The van der Waals surface area contributed by atoms with Crippen LogP contribution in [0.25, 0.3) is 16.6 Å². The van der Waals surface area contributed by atoms with Crippen LogP contribution in [0, 0.1) is 18.6 Å². The van der Waals surface area contributed by atoms with Crippen LogP contribution in [-0.4, -0.2) is 57.4 Å². The van der Waals surface area contributed by atoms with Crippen molar-refractivity contribution in [3.63, 3.8) is 0 Å². The lowest BCUT2D eigenvalue weighted by molar-refractivity contribution is -0.260. The zero-order valence-electron chi connectivity index (χ0n) is 21.9. The molecule has 1 aliphatic heterocycles. The number of aromatic nitrogens is 2. The van der Waals surface area contributed by atoms with Crippen molar-refractivity contribution < 1.29 is 31.8 Å². The van der Waals surface area contributed by atoms with Gasteiger partial charge in [0, 0.05) is 29.7 Å². The van der Waals surface area contributed by atoms with Crippen molar-refractivity contribution >= 4 is 16.6 Å². The molecule has 3 aromatic carbocycles. The molecule has 3 unspecified atom stereocenters. The van der Waals surface area contributed by atoms with E-state index in [-0.39, 0.29) is 12.1 Å². The second kappa shape index (κ2) is 10.8. The SMILES string of the molecule is CCCN(CC(O)(CNc1cc(C)cc2c1cnn2-c1ccc(F)cc1)C(F)(F)F)C1OC1c1ccccc1F. The maximum Gasteiger partial charge on any atom is 0.420 e. The van der Waals surface area contributed by atoms with Crippen LogP contribution >= 0.6 is 0 Å². The number of aliphatic hydroxyl groups is 1. The lowest BCUT2D eigenvalue weighted by Gasteiger charge is -2.35. The van der Waals surface area contributed by atoms with E-state index in [9.17, 15) is 27.1 Å². The number of hydrogen-bond acceptors (Lipinski definition) is 5. The highest BCUT2D eigenvalue weighted by molar-refractivity contribution is 5.93. The highest BCUT2D eigenvalue weighted by atomic mass is 19.4. The maximum absolute atomic E-state index is 14.4. The minimum absolute atomic E-state index is 0.215. The van der Waals surface area contributed by atoms with Crippen LogP contribution in [0.4, 0.5) is 27.6 Å². The summed E-state index contributed by atoms with van der Waals surface area (Å²) in [7, 11) is 0. The molecule has 1 aromatic heterocycles. The lowest BCUT2D eigenvalue weighted by atomic mass is 10.0. The Hall–Kier alpha value is -3.54. The van der Waals surface area contributed by atoms with Gasteiger partial charge in [-0.05, 0) is 61.4 Å². The van der Waals surface area contributed by atoms with E-state index in [1.807, 2.05) is 6.07 Å². The maximum atomic E-state index is 14.4. The molecule has 40 heavy (non-hydrogen) atoms. The normalized spacial score (nSPS) is 18.7. The summed E-state index contributed by atoms with van der Waals surface area (Å²) in [5.41, 5.74) is -0.569. The molecule has 0 bridgehead atoms. The van der Waals surface area contributed by atoms with Crippen molar-refractivity contribution in [2.24, 2.45) is 0 Å². The Labute approximate surface area is 228 Å². The molecule has 212 valence electrons. The van der Waals surface area contributed by atoms with Gasteiger partial charge in [-0.25, -0.2) is 13.5 Å². The predicted molar refractivity (Wildman–Crippen MR) is 141 cm³/mol. The first-order valence-electron chi connectivity index (χ1n) is 12.9. The summed E-state index contributed by atoms with van der Waals surface area (Å²) in [6, 6.07) is 15.2. The third-order valence-corrected chi connectivity index (χ3v) is 7.02. The Balaban J connectivity index is 1.39. The molecule has 3 atom stereocenters. The summed E-state index contributed by atoms with van der Waals surface area (Å²) in [6.45, 7) is 2.21. The van der Waals surface area contributed by atoms with E-state index < -0.39 is 48.8 Å². The first kappa shape index (κ1) is 28.0. The molecular weight excluding hydrogens is 531 g/mol. The second-order valence-electron chi connectivity index (χ2n) is 10.1. The van der Waals surface area contributed by atoms with E-state index in [0.717, 1.165) is 5.56 Å². The zero-order chi connectivity index (χ0) is 28.7. The van der Waals surface area contributed by atoms with Gasteiger partial charge in [0.15, 0.2) is 5.60 Å². The van der Waals surface area contributed by atoms with Crippen molar-refractivity contribution in [2.45, 2.75) is 44.4 Å². The topological polar surface area (TPSA) is 65.8 Å². The van der Waals surface area contributed by atoms with Crippen LogP contribution in [0.15, 0.2) is 66.9 Å². The number of alkyl halides is 3. The highest BCUT2D eigenvalue weighted by Gasteiger charge is 2.57. The fraction of sp³-hybridized carbons (Fsp3) is 0.345. The number of nitrogens with zero attached hydrogens (tertiary/aromatic N) is 3. The fourth-order valence-corrected chi connectivity index (χ4v) is 4.92. The van der Waals surface area contributed by atoms with Gasteiger partial charge in [-0.3, -0.25) is 4.90 Å². The highest BCUT2D eigenvalue weighted by Crippen LogP contribution is 2.44. The van der Waals surface area contributed by atoms with E-state index in [1.165, 1.54) is 41.4 Å². The quantitative estimate of drug-likeness (QED) is 0.181. The number of epoxide rings is 1. The van der Waals surface area contributed by atoms with E-state index >= 15 is 0 Å². The molecule has 2 heterocycles. The minimum atomic E-state index is -4.98. The summed E-state index contributed by atoms with van der Waals surface area (Å²) in [5, 5.41) is 18.7. The van der Waals surface area contributed by atoms with Gasteiger partial charge >= 0.3 is 6.18 Å². The molecule has 0 spiro atoms. The Morgan fingerprint density at radius 2 is 1.80 bits per heavy atom. The molecule has 1 saturated heterocycles. The standard InChI is InChI=1S/C29H29F5N4O2/c1-3-12-37(27-26(40-27)21-6-4-5-7-23(21)31)17-28(39,29(32,33)34)16-35-24-13-18(2)14-25-22(24)15-36-38(25)20-10-8-19(30)9-11-20/h4-11,13-15,26-27,35,39H,3,12,16-17H2,1-2H3. The molecule has 0 saturated carbocycles. The van der Waals surface area contributed by atoms with Gasteiger partial charge in [0.1, 0.15) is 24.0 Å². The average Bonchev–Trinajstić information content (AvgIpc) is 3.58. The van der Waals surface area contributed by atoms with Gasteiger partial charge in [0.25, 0.3) is 0 Å². The van der Waals surface area contributed by atoms with Crippen LogP contribution in [0.2, 0.25) is 0 Å². The van der Waals surface area contributed by atoms with Crippen LogP contribution in [0.1, 0.15) is 30.6 Å². The van der Waals surface area contributed by atoms with Gasteiger partial charge in [0.2, 0.25) is 0 Å². The molecular formula is C29H29F5N4O2. The molecule has 2 N–H and O–H groups in total. The Morgan fingerprint density at radius 1 is 1.07 bits per heavy atom. The van der Waals surface area contributed by atoms with Gasteiger partial charge in [-0.15, -0.1) is 0 Å². The van der Waals surface area contributed by atoms with Crippen molar-refractivity contribution in [3.05, 3.63) is 89.6 Å². The monoisotopic (exact) mass is 560 g/mol. The average molecular weight is 561 g/mol. The van der Waals surface area contributed by atoms with E-state index in [4.69, 9.17) is 4.74 Å². The van der Waals surface area contributed by atoms with Crippen LogP contribution in [0.5, 0.6) is 0 Å². The number of anilines is 1. The van der Waals surface area contributed by atoms with Crippen molar-refractivity contribution in [1.29, 1.82) is 0 Å². The summed E-state index contributed by atoms with van der Waals surface area (Å²) >= 11 is 0. The summed E-state index contributed by atoms with van der Waals surface area (Å²) in [4.78, 5) is 1.41. The van der Waals surface area contributed by atoms with Crippen molar-refractivity contribution in [3.8, 4) is 5.69 Å². The largest absolute Gasteiger partial charge is 0.420 e. The number of fused-ring (bicyclic) bond motifs is 1.